The second kappa shape index (κ2) is 8.38. The van der Waals surface area contributed by atoms with Crippen molar-refractivity contribution in [2.45, 2.75) is 60.2 Å². The summed E-state index contributed by atoms with van der Waals surface area (Å²) in [6.07, 6.45) is 0. The van der Waals surface area contributed by atoms with Crippen molar-refractivity contribution in [3.8, 4) is 0 Å². The molecule has 1 aromatic rings. The summed E-state index contributed by atoms with van der Waals surface area (Å²) < 4.78 is 0. The summed E-state index contributed by atoms with van der Waals surface area (Å²) in [5, 5.41) is 3.54. The van der Waals surface area contributed by atoms with Crippen LogP contribution in [0.3, 0.4) is 0 Å². The first-order valence-corrected chi connectivity index (χ1v) is 7.84. The average Bonchev–Trinajstić information content (AvgIpc) is 2.41. The summed E-state index contributed by atoms with van der Waals surface area (Å²) in [6, 6.07) is 7.38. The SMILES string of the molecule is CCN(Cc1cccc(C)n1)C(C)C(C)CNC(C)C. The van der Waals surface area contributed by atoms with Gasteiger partial charge in [-0.1, -0.05) is 33.8 Å². The number of pyridine rings is 1. The van der Waals surface area contributed by atoms with E-state index in [1.807, 2.05) is 0 Å². The Bertz CT molecular complexity index is 390. The molecule has 2 unspecified atom stereocenters. The van der Waals surface area contributed by atoms with Gasteiger partial charge in [-0.05, 0) is 45.0 Å². The molecule has 0 fully saturated rings. The molecule has 3 heteroatoms. The van der Waals surface area contributed by atoms with Gasteiger partial charge >= 0.3 is 0 Å². The highest BCUT2D eigenvalue weighted by molar-refractivity contribution is 5.09. The van der Waals surface area contributed by atoms with Gasteiger partial charge < -0.3 is 5.32 Å². The van der Waals surface area contributed by atoms with E-state index in [0.717, 1.165) is 25.3 Å². The van der Waals surface area contributed by atoms with Crippen molar-refractivity contribution >= 4 is 0 Å². The first-order chi connectivity index (χ1) is 9.43. The van der Waals surface area contributed by atoms with E-state index in [1.54, 1.807) is 0 Å². The highest BCUT2D eigenvalue weighted by Gasteiger charge is 2.19. The zero-order chi connectivity index (χ0) is 15.1. The van der Waals surface area contributed by atoms with E-state index in [9.17, 15) is 0 Å². The van der Waals surface area contributed by atoms with E-state index in [1.165, 1.54) is 5.69 Å². The predicted octanol–water partition coefficient (Wildman–Crippen LogP) is 3.23. The molecule has 0 aliphatic rings. The zero-order valence-electron chi connectivity index (χ0n) is 14.0. The monoisotopic (exact) mass is 277 g/mol. The highest BCUT2D eigenvalue weighted by Crippen LogP contribution is 2.14. The fourth-order valence-electron chi connectivity index (χ4n) is 2.39. The molecule has 0 saturated carbocycles. The van der Waals surface area contributed by atoms with Crippen LogP contribution < -0.4 is 5.32 Å². The lowest BCUT2D eigenvalue weighted by molar-refractivity contribution is 0.156. The van der Waals surface area contributed by atoms with Crippen LogP contribution >= 0.6 is 0 Å². The molecule has 20 heavy (non-hydrogen) atoms. The standard InChI is InChI=1S/C17H31N3/c1-7-20(12-17-10-8-9-15(5)19-17)16(6)14(4)11-18-13(2)3/h8-10,13-14,16,18H,7,11-12H2,1-6H3. The molecule has 0 radical (unpaired) electrons. The molecule has 2 atom stereocenters. The number of aromatic nitrogens is 1. The summed E-state index contributed by atoms with van der Waals surface area (Å²) in [7, 11) is 0. The minimum absolute atomic E-state index is 0.550. The largest absolute Gasteiger partial charge is 0.314 e. The fraction of sp³-hybridized carbons (Fsp3) is 0.706. The van der Waals surface area contributed by atoms with Crippen molar-refractivity contribution < 1.29 is 0 Å². The Labute approximate surface area is 124 Å². The number of hydrogen-bond acceptors (Lipinski definition) is 3. The zero-order valence-corrected chi connectivity index (χ0v) is 14.0. The topological polar surface area (TPSA) is 28.2 Å². The molecular weight excluding hydrogens is 246 g/mol. The maximum Gasteiger partial charge on any atom is 0.0547 e. The Morgan fingerprint density at radius 3 is 2.45 bits per heavy atom. The molecule has 1 N–H and O–H groups in total. The number of nitrogens with zero attached hydrogens (tertiary/aromatic N) is 2. The summed E-state index contributed by atoms with van der Waals surface area (Å²) >= 11 is 0. The molecule has 3 nitrogen and oxygen atoms in total. The van der Waals surface area contributed by atoms with Crippen molar-refractivity contribution in [2.75, 3.05) is 13.1 Å². The van der Waals surface area contributed by atoms with Gasteiger partial charge in [-0.15, -0.1) is 0 Å². The lowest BCUT2D eigenvalue weighted by Crippen LogP contribution is -2.42. The lowest BCUT2D eigenvalue weighted by Gasteiger charge is -2.32. The van der Waals surface area contributed by atoms with E-state index in [4.69, 9.17) is 0 Å². The van der Waals surface area contributed by atoms with Crippen molar-refractivity contribution in [1.29, 1.82) is 0 Å². The molecule has 0 bridgehead atoms. The molecule has 114 valence electrons. The highest BCUT2D eigenvalue weighted by atomic mass is 15.2. The maximum atomic E-state index is 4.62. The minimum atomic E-state index is 0.550. The Morgan fingerprint density at radius 1 is 1.20 bits per heavy atom. The molecular formula is C17H31N3. The third-order valence-corrected chi connectivity index (χ3v) is 3.96. The van der Waals surface area contributed by atoms with E-state index >= 15 is 0 Å². The Hall–Kier alpha value is -0.930. The van der Waals surface area contributed by atoms with Gasteiger partial charge in [0.05, 0.1) is 5.69 Å². The quantitative estimate of drug-likeness (QED) is 0.790. The third-order valence-electron chi connectivity index (χ3n) is 3.96. The van der Waals surface area contributed by atoms with Gasteiger partial charge in [0.1, 0.15) is 0 Å². The fourth-order valence-corrected chi connectivity index (χ4v) is 2.39. The minimum Gasteiger partial charge on any atom is -0.314 e. The summed E-state index contributed by atoms with van der Waals surface area (Å²) in [4.78, 5) is 7.13. The molecule has 0 amide bonds. The lowest BCUT2D eigenvalue weighted by atomic mass is 10.0. The van der Waals surface area contributed by atoms with Crippen LogP contribution in [0.25, 0.3) is 0 Å². The van der Waals surface area contributed by atoms with Crippen LogP contribution in [0.15, 0.2) is 18.2 Å². The van der Waals surface area contributed by atoms with Crippen LogP contribution in [0.1, 0.15) is 46.0 Å². The Morgan fingerprint density at radius 2 is 1.90 bits per heavy atom. The van der Waals surface area contributed by atoms with E-state index in [-0.39, 0.29) is 0 Å². The smallest absolute Gasteiger partial charge is 0.0547 e. The Kier molecular flexibility index (Phi) is 7.17. The van der Waals surface area contributed by atoms with Gasteiger partial charge in [0.15, 0.2) is 0 Å². The molecule has 1 rings (SSSR count). The predicted molar refractivity (Wildman–Crippen MR) is 86.8 cm³/mol. The number of rotatable bonds is 8. The van der Waals surface area contributed by atoms with Crippen molar-refractivity contribution in [3.63, 3.8) is 0 Å². The van der Waals surface area contributed by atoms with Crippen molar-refractivity contribution in [1.82, 2.24) is 15.2 Å². The molecule has 0 aliphatic heterocycles. The van der Waals surface area contributed by atoms with Crippen molar-refractivity contribution in [2.24, 2.45) is 5.92 Å². The second-order valence-electron chi connectivity index (χ2n) is 6.11. The number of aryl methyl sites for hydroxylation is 1. The van der Waals surface area contributed by atoms with Crippen LogP contribution in [0.2, 0.25) is 0 Å². The van der Waals surface area contributed by atoms with Gasteiger partial charge in [-0.3, -0.25) is 9.88 Å². The van der Waals surface area contributed by atoms with Crippen LogP contribution in [0.4, 0.5) is 0 Å². The van der Waals surface area contributed by atoms with Crippen LogP contribution in [0.5, 0.6) is 0 Å². The average molecular weight is 277 g/mol. The third kappa shape index (κ3) is 5.59. The van der Waals surface area contributed by atoms with E-state index in [0.29, 0.717) is 18.0 Å². The summed E-state index contributed by atoms with van der Waals surface area (Å²) in [5.74, 6) is 0.627. The van der Waals surface area contributed by atoms with Gasteiger partial charge in [0, 0.05) is 24.3 Å². The van der Waals surface area contributed by atoms with Gasteiger partial charge in [-0.2, -0.15) is 0 Å². The molecule has 0 aliphatic carbocycles. The number of nitrogens with one attached hydrogen (secondary N) is 1. The maximum absolute atomic E-state index is 4.62. The molecule has 0 saturated heterocycles. The van der Waals surface area contributed by atoms with Crippen LogP contribution in [0, 0.1) is 12.8 Å². The Balaban J connectivity index is 2.60. The second-order valence-corrected chi connectivity index (χ2v) is 6.11. The van der Waals surface area contributed by atoms with Gasteiger partial charge in [-0.25, -0.2) is 0 Å². The molecule has 0 aromatic carbocycles. The molecule has 1 aromatic heterocycles. The normalized spacial score (nSPS) is 14.8. The van der Waals surface area contributed by atoms with Gasteiger partial charge in [0.2, 0.25) is 0 Å². The van der Waals surface area contributed by atoms with Crippen LogP contribution in [-0.2, 0) is 6.54 Å². The summed E-state index contributed by atoms with van der Waals surface area (Å²) in [6.45, 7) is 16.4. The van der Waals surface area contributed by atoms with Crippen molar-refractivity contribution in [3.05, 3.63) is 29.6 Å². The number of hydrogen-bond donors (Lipinski definition) is 1. The first-order valence-electron chi connectivity index (χ1n) is 7.84. The van der Waals surface area contributed by atoms with E-state index in [2.05, 4.69) is 74.9 Å². The molecule has 0 spiro atoms. The summed E-state index contributed by atoms with van der Waals surface area (Å²) in [5.41, 5.74) is 2.27. The van der Waals surface area contributed by atoms with E-state index < -0.39 is 0 Å². The van der Waals surface area contributed by atoms with Crippen LogP contribution in [-0.4, -0.2) is 35.1 Å². The van der Waals surface area contributed by atoms with Gasteiger partial charge in [0.25, 0.3) is 0 Å². The molecule has 1 heterocycles. The first kappa shape index (κ1) is 17.1.